The molecular weight excluding hydrogens is 286 g/mol. The van der Waals surface area contributed by atoms with Gasteiger partial charge in [0.25, 0.3) is 0 Å². The molecule has 0 spiro atoms. The molecule has 0 amide bonds. The molecule has 0 radical (unpaired) electrons. The molecule has 1 N–H and O–H groups in total. The summed E-state index contributed by atoms with van der Waals surface area (Å²) in [4.78, 5) is 0. The Labute approximate surface area is 117 Å². The summed E-state index contributed by atoms with van der Waals surface area (Å²) in [6.45, 7) is 6.96. The van der Waals surface area contributed by atoms with E-state index in [2.05, 4.69) is 52.9 Å². The van der Waals surface area contributed by atoms with Crippen molar-refractivity contribution in [2.75, 3.05) is 11.9 Å². The van der Waals surface area contributed by atoms with E-state index in [0.717, 1.165) is 22.3 Å². The Hall–Kier alpha value is -1.54. The maximum absolute atomic E-state index is 4.12. The van der Waals surface area contributed by atoms with Crippen LogP contribution in [0.5, 0.6) is 0 Å². The van der Waals surface area contributed by atoms with Crippen LogP contribution in [0.1, 0.15) is 11.1 Å². The normalized spacial score (nSPS) is 10.1. The summed E-state index contributed by atoms with van der Waals surface area (Å²) in [5.41, 5.74) is 4.63. The van der Waals surface area contributed by atoms with Gasteiger partial charge in [-0.3, -0.25) is 0 Å². The summed E-state index contributed by atoms with van der Waals surface area (Å²) in [7, 11) is 0. The molecule has 0 saturated carbocycles. The summed E-state index contributed by atoms with van der Waals surface area (Å²) >= 11 is 3.54. The van der Waals surface area contributed by atoms with E-state index in [1.54, 1.807) is 0 Å². The van der Waals surface area contributed by atoms with E-state index in [4.69, 9.17) is 0 Å². The fraction of sp³-hybridized carbons (Fsp3) is 0.125. The first kappa shape index (κ1) is 12.9. The molecular formula is C16H16BrN. The molecule has 18 heavy (non-hydrogen) atoms. The Kier molecular flexibility index (Phi) is 4.21. The third-order valence-electron chi connectivity index (χ3n) is 2.94. The lowest BCUT2D eigenvalue weighted by Gasteiger charge is -2.12. The van der Waals surface area contributed by atoms with Crippen LogP contribution in [0.4, 0.5) is 5.69 Å². The average molecular weight is 302 g/mol. The Morgan fingerprint density at radius 1 is 1.11 bits per heavy atom. The standard InChI is InChI=1S/C16H16BrN/c1-12(14-7-4-3-5-8-14)11-18-16-10-6-9-15(17)13(16)2/h3-10,18H,1,11H2,2H3. The molecule has 0 saturated heterocycles. The smallest absolute Gasteiger partial charge is 0.0400 e. The minimum atomic E-state index is 0.751. The number of rotatable bonds is 4. The molecule has 2 aromatic carbocycles. The number of halogens is 1. The quantitative estimate of drug-likeness (QED) is 0.848. The zero-order valence-electron chi connectivity index (χ0n) is 10.4. The first-order valence-electron chi connectivity index (χ1n) is 5.90. The first-order valence-corrected chi connectivity index (χ1v) is 6.70. The highest BCUT2D eigenvalue weighted by Crippen LogP contribution is 2.24. The number of benzene rings is 2. The van der Waals surface area contributed by atoms with Gasteiger partial charge in [-0.05, 0) is 35.8 Å². The van der Waals surface area contributed by atoms with Crippen LogP contribution in [-0.4, -0.2) is 6.54 Å². The lowest BCUT2D eigenvalue weighted by molar-refractivity contribution is 1.30. The largest absolute Gasteiger partial charge is 0.381 e. The van der Waals surface area contributed by atoms with Gasteiger partial charge in [-0.25, -0.2) is 0 Å². The van der Waals surface area contributed by atoms with Crippen molar-refractivity contribution in [1.29, 1.82) is 0 Å². The predicted octanol–water partition coefficient (Wildman–Crippen LogP) is 4.88. The molecule has 0 aliphatic carbocycles. The second kappa shape index (κ2) is 5.87. The van der Waals surface area contributed by atoms with Crippen molar-refractivity contribution >= 4 is 27.2 Å². The zero-order chi connectivity index (χ0) is 13.0. The molecule has 92 valence electrons. The van der Waals surface area contributed by atoms with Crippen LogP contribution in [0.25, 0.3) is 5.57 Å². The summed E-state index contributed by atoms with van der Waals surface area (Å²) in [5.74, 6) is 0. The van der Waals surface area contributed by atoms with E-state index >= 15 is 0 Å². The Morgan fingerprint density at radius 2 is 1.83 bits per heavy atom. The Bertz CT molecular complexity index is 546. The molecule has 0 aliphatic rings. The van der Waals surface area contributed by atoms with E-state index in [0.29, 0.717) is 0 Å². The molecule has 0 aliphatic heterocycles. The van der Waals surface area contributed by atoms with E-state index in [1.165, 1.54) is 11.1 Å². The molecule has 0 bridgehead atoms. The summed E-state index contributed by atoms with van der Waals surface area (Å²) in [5, 5.41) is 3.42. The molecule has 0 heterocycles. The maximum atomic E-state index is 4.12. The summed E-state index contributed by atoms with van der Waals surface area (Å²) in [6.07, 6.45) is 0. The van der Waals surface area contributed by atoms with Crippen LogP contribution in [0.3, 0.4) is 0 Å². The highest BCUT2D eigenvalue weighted by atomic mass is 79.9. The predicted molar refractivity (Wildman–Crippen MR) is 82.8 cm³/mol. The average Bonchev–Trinajstić information content (AvgIpc) is 2.41. The molecule has 0 unspecified atom stereocenters. The monoisotopic (exact) mass is 301 g/mol. The van der Waals surface area contributed by atoms with Gasteiger partial charge in [0.15, 0.2) is 0 Å². The van der Waals surface area contributed by atoms with Gasteiger partial charge in [-0.1, -0.05) is 58.9 Å². The van der Waals surface area contributed by atoms with Crippen molar-refractivity contribution in [3.8, 4) is 0 Å². The topological polar surface area (TPSA) is 12.0 Å². The fourth-order valence-electron chi connectivity index (χ4n) is 1.78. The van der Waals surface area contributed by atoms with E-state index in [1.807, 2.05) is 30.3 Å². The van der Waals surface area contributed by atoms with Crippen molar-refractivity contribution in [3.63, 3.8) is 0 Å². The van der Waals surface area contributed by atoms with Crippen LogP contribution >= 0.6 is 15.9 Å². The van der Waals surface area contributed by atoms with Gasteiger partial charge < -0.3 is 5.32 Å². The van der Waals surface area contributed by atoms with Gasteiger partial charge in [0, 0.05) is 16.7 Å². The van der Waals surface area contributed by atoms with Gasteiger partial charge in [-0.2, -0.15) is 0 Å². The van der Waals surface area contributed by atoms with Gasteiger partial charge in [0.1, 0.15) is 0 Å². The van der Waals surface area contributed by atoms with Crippen LogP contribution < -0.4 is 5.32 Å². The number of nitrogens with one attached hydrogen (secondary N) is 1. The maximum Gasteiger partial charge on any atom is 0.0400 e. The summed E-state index contributed by atoms with van der Waals surface area (Å²) in [6, 6.07) is 16.4. The molecule has 0 aromatic heterocycles. The van der Waals surface area contributed by atoms with E-state index in [-0.39, 0.29) is 0 Å². The van der Waals surface area contributed by atoms with Gasteiger partial charge in [0.05, 0.1) is 0 Å². The Morgan fingerprint density at radius 3 is 2.56 bits per heavy atom. The SMILES string of the molecule is C=C(CNc1cccc(Br)c1C)c1ccccc1. The zero-order valence-corrected chi connectivity index (χ0v) is 12.0. The summed E-state index contributed by atoms with van der Waals surface area (Å²) < 4.78 is 1.12. The third kappa shape index (κ3) is 3.02. The van der Waals surface area contributed by atoms with E-state index < -0.39 is 0 Å². The number of anilines is 1. The van der Waals surface area contributed by atoms with Gasteiger partial charge >= 0.3 is 0 Å². The molecule has 0 atom stereocenters. The van der Waals surface area contributed by atoms with Crippen molar-refractivity contribution in [3.05, 3.63) is 70.7 Å². The Balaban J connectivity index is 2.04. The van der Waals surface area contributed by atoms with Gasteiger partial charge in [-0.15, -0.1) is 0 Å². The minimum absolute atomic E-state index is 0.751. The fourth-order valence-corrected chi connectivity index (χ4v) is 2.14. The second-order valence-electron chi connectivity index (χ2n) is 4.24. The van der Waals surface area contributed by atoms with Crippen molar-refractivity contribution < 1.29 is 0 Å². The van der Waals surface area contributed by atoms with Crippen LogP contribution in [0.15, 0.2) is 59.6 Å². The van der Waals surface area contributed by atoms with Crippen molar-refractivity contribution in [2.24, 2.45) is 0 Å². The highest BCUT2D eigenvalue weighted by Gasteiger charge is 2.02. The number of hydrogen-bond acceptors (Lipinski definition) is 1. The first-order chi connectivity index (χ1) is 8.68. The van der Waals surface area contributed by atoms with Crippen LogP contribution in [0.2, 0.25) is 0 Å². The molecule has 2 rings (SSSR count). The van der Waals surface area contributed by atoms with E-state index in [9.17, 15) is 0 Å². The highest BCUT2D eigenvalue weighted by molar-refractivity contribution is 9.10. The molecule has 0 fully saturated rings. The molecule has 2 heteroatoms. The number of hydrogen-bond donors (Lipinski definition) is 1. The second-order valence-corrected chi connectivity index (χ2v) is 5.09. The third-order valence-corrected chi connectivity index (χ3v) is 3.80. The lowest BCUT2D eigenvalue weighted by Crippen LogP contribution is -2.04. The van der Waals surface area contributed by atoms with Crippen LogP contribution in [0, 0.1) is 6.92 Å². The van der Waals surface area contributed by atoms with Crippen LogP contribution in [-0.2, 0) is 0 Å². The molecule has 1 nitrogen and oxygen atoms in total. The lowest BCUT2D eigenvalue weighted by atomic mass is 10.1. The molecule has 2 aromatic rings. The minimum Gasteiger partial charge on any atom is -0.381 e. The van der Waals surface area contributed by atoms with Gasteiger partial charge in [0.2, 0.25) is 0 Å². The van der Waals surface area contributed by atoms with Crippen molar-refractivity contribution in [2.45, 2.75) is 6.92 Å². The van der Waals surface area contributed by atoms with Crippen molar-refractivity contribution in [1.82, 2.24) is 0 Å².